The van der Waals surface area contributed by atoms with E-state index in [1.165, 1.54) is 23.2 Å². The summed E-state index contributed by atoms with van der Waals surface area (Å²) in [6.07, 6.45) is 1.64. The van der Waals surface area contributed by atoms with Crippen molar-refractivity contribution in [3.05, 3.63) is 118 Å². The third-order valence-corrected chi connectivity index (χ3v) is 7.26. The standard InChI is InChI=1S/C30H23F3N4O2S/c1-18-5-6-20(8-21(18)10-27(38)22-9-23(15-34-14-22)28-4-3-7-40-28)29(39)36-25-11-24(30(31,32)33)12-26(13-25)37-16-19(2)35-17-37/h3-9,11-17H,10H2,1-2H3,(H,36,39). The number of pyridine rings is 1. The van der Waals surface area contributed by atoms with Crippen LogP contribution in [-0.2, 0) is 12.6 Å². The SMILES string of the molecule is Cc1cn(-c2cc(NC(=O)c3ccc(C)c(CC(=O)c4cncc(-c5cccs5)c4)c3)cc(C(F)(F)F)c2)cn1. The zero-order valence-electron chi connectivity index (χ0n) is 21.5. The van der Waals surface area contributed by atoms with E-state index < -0.39 is 17.6 Å². The van der Waals surface area contributed by atoms with E-state index in [4.69, 9.17) is 0 Å². The number of alkyl halides is 3. The molecular formula is C30H23F3N4O2S. The first kappa shape index (κ1) is 27.0. The van der Waals surface area contributed by atoms with Gasteiger partial charge in [-0.1, -0.05) is 12.1 Å². The summed E-state index contributed by atoms with van der Waals surface area (Å²) in [5.74, 6) is -0.758. The molecule has 0 aliphatic heterocycles. The van der Waals surface area contributed by atoms with E-state index in [9.17, 15) is 22.8 Å². The van der Waals surface area contributed by atoms with Crippen LogP contribution in [0, 0.1) is 13.8 Å². The smallest absolute Gasteiger partial charge is 0.322 e. The molecule has 2 aromatic carbocycles. The minimum Gasteiger partial charge on any atom is -0.322 e. The second-order valence-corrected chi connectivity index (χ2v) is 10.3. The fraction of sp³-hybridized carbons (Fsp3) is 0.133. The van der Waals surface area contributed by atoms with Gasteiger partial charge in [0.05, 0.1) is 17.6 Å². The first-order valence-corrected chi connectivity index (χ1v) is 13.1. The third kappa shape index (κ3) is 6.02. The lowest BCUT2D eigenvalue weighted by atomic mass is 9.97. The Morgan fingerprint density at radius 3 is 2.52 bits per heavy atom. The number of carbonyl (C=O) groups excluding carboxylic acids is 2. The summed E-state index contributed by atoms with van der Waals surface area (Å²) in [5.41, 5.74) is 2.88. The van der Waals surface area contributed by atoms with Crippen LogP contribution in [-0.4, -0.2) is 26.2 Å². The highest BCUT2D eigenvalue weighted by atomic mass is 32.1. The van der Waals surface area contributed by atoms with Crippen LogP contribution in [0.5, 0.6) is 0 Å². The van der Waals surface area contributed by atoms with Gasteiger partial charge in [-0.3, -0.25) is 14.6 Å². The number of aromatic nitrogens is 3. The lowest BCUT2D eigenvalue weighted by Gasteiger charge is -2.14. The number of anilines is 1. The summed E-state index contributed by atoms with van der Waals surface area (Å²) in [6.45, 7) is 3.56. The molecule has 10 heteroatoms. The zero-order valence-corrected chi connectivity index (χ0v) is 22.3. The summed E-state index contributed by atoms with van der Waals surface area (Å²) in [4.78, 5) is 35.5. The quantitative estimate of drug-likeness (QED) is 0.212. The lowest BCUT2D eigenvalue weighted by molar-refractivity contribution is -0.137. The fourth-order valence-electron chi connectivity index (χ4n) is 4.21. The number of benzene rings is 2. The molecule has 5 rings (SSSR count). The molecule has 0 saturated carbocycles. The minimum atomic E-state index is -4.61. The molecule has 3 aromatic heterocycles. The largest absolute Gasteiger partial charge is 0.416 e. The number of nitrogens with one attached hydrogen (secondary N) is 1. The zero-order chi connectivity index (χ0) is 28.4. The predicted octanol–water partition coefficient (Wildman–Crippen LogP) is 7.31. The van der Waals surface area contributed by atoms with Gasteiger partial charge in [0.2, 0.25) is 0 Å². The van der Waals surface area contributed by atoms with E-state index in [1.54, 1.807) is 54.9 Å². The Bertz CT molecular complexity index is 1710. The van der Waals surface area contributed by atoms with Crippen molar-refractivity contribution in [2.24, 2.45) is 0 Å². The molecule has 1 N–H and O–H groups in total. The predicted molar refractivity (Wildman–Crippen MR) is 148 cm³/mol. The average Bonchev–Trinajstić information content (AvgIpc) is 3.62. The molecule has 0 aliphatic carbocycles. The monoisotopic (exact) mass is 560 g/mol. The number of rotatable bonds is 7. The molecule has 202 valence electrons. The van der Waals surface area contributed by atoms with Crippen LogP contribution in [0.1, 0.15) is 43.1 Å². The molecule has 40 heavy (non-hydrogen) atoms. The van der Waals surface area contributed by atoms with Crippen molar-refractivity contribution < 1.29 is 22.8 Å². The van der Waals surface area contributed by atoms with Gasteiger partial charge >= 0.3 is 6.18 Å². The average molecular weight is 561 g/mol. The van der Waals surface area contributed by atoms with Crippen molar-refractivity contribution in [3.63, 3.8) is 0 Å². The Hall–Kier alpha value is -4.57. The van der Waals surface area contributed by atoms with E-state index in [0.717, 1.165) is 28.1 Å². The third-order valence-electron chi connectivity index (χ3n) is 6.34. The number of imidazole rings is 1. The van der Waals surface area contributed by atoms with Gasteiger partial charge in [0, 0.05) is 58.0 Å². The Kier molecular flexibility index (Phi) is 7.36. The second kappa shape index (κ2) is 10.9. The Morgan fingerprint density at radius 2 is 1.82 bits per heavy atom. The van der Waals surface area contributed by atoms with Crippen LogP contribution >= 0.6 is 11.3 Å². The maximum atomic E-state index is 13.6. The summed E-state index contributed by atoms with van der Waals surface area (Å²) in [5, 5.41) is 4.52. The molecule has 0 bridgehead atoms. The normalized spacial score (nSPS) is 11.4. The highest BCUT2D eigenvalue weighted by molar-refractivity contribution is 7.13. The van der Waals surface area contributed by atoms with E-state index >= 15 is 0 Å². The Labute approximate surface area is 232 Å². The number of amides is 1. The number of halogens is 3. The number of ketones is 1. The molecule has 0 atom stereocenters. The number of thiophene rings is 1. The van der Waals surface area contributed by atoms with E-state index in [0.29, 0.717) is 16.8 Å². The summed E-state index contributed by atoms with van der Waals surface area (Å²) in [6, 6.07) is 13.9. The fourth-order valence-corrected chi connectivity index (χ4v) is 4.92. The number of hydrogen-bond donors (Lipinski definition) is 1. The van der Waals surface area contributed by atoms with Crippen LogP contribution < -0.4 is 5.32 Å². The van der Waals surface area contributed by atoms with Gasteiger partial charge in [0.25, 0.3) is 5.91 Å². The molecular weight excluding hydrogens is 537 g/mol. The molecule has 0 aliphatic rings. The van der Waals surface area contributed by atoms with Crippen LogP contribution in [0.3, 0.4) is 0 Å². The van der Waals surface area contributed by atoms with Gasteiger partial charge in [-0.25, -0.2) is 4.98 Å². The van der Waals surface area contributed by atoms with Crippen molar-refractivity contribution in [2.75, 3.05) is 5.32 Å². The highest BCUT2D eigenvalue weighted by Crippen LogP contribution is 2.33. The van der Waals surface area contributed by atoms with Crippen molar-refractivity contribution in [1.82, 2.24) is 14.5 Å². The van der Waals surface area contributed by atoms with Crippen LogP contribution in [0.2, 0.25) is 0 Å². The van der Waals surface area contributed by atoms with Crippen LogP contribution in [0.4, 0.5) is 18.9 Å². The first-order valence-electron chi connectivity index (χ1n) is 12.2. The molecule has 5 aromatic rings. The van der Waals surface area contributed by atoms with Crippen LogP contribution in [0.15, 0.2) is 84.9 Å². The van der Waals surface area contributed by atoms with Gasteiger partial charge in [-0.05, 0) is 72.8 Å². The van der Waals surface area contributed by atoms with Crippen molar-refractivity contribution >= 4 is 28.7 Å². The highest BCUT2D eigenvalue weighted by Gasteiger charge is 2.31. The van der Waals surface area contributed by atoms with Gasteiger partial charge in [0.1, 0.15) is 0 Å². The van der Waals surface area contributed by atoms with Crippen molar-refractivity contribution in [2.45, 2.75) is 26.4 Å². The number of nitrogens with zero attached hydrogens (tertiary/aromatic N) is 3. The molecule has 0 saturated heterocycles. The maximum Gasteiger partial charge on any atom is 0.416 e. The topological polar surface area (TPSA) is 76.9 Å². The molecule has 3 heterocycles. The van der Waals surface area contributed by atoms with Gasteiger partial charge in [-0.15, -0.1) is 11.3 Å². The van der Waals surface area contributed by atoms with E-state index in [-0.39, 0.29) is 29.1 Å². The van der Waals surface area contributed by atoms with Gasteiger partial charge in [0.15, 0.2) is 5.78 Å². The number of carbonyl (C=O) groups is 2. The Balaban J connectivity index is 1.38. The van der Waals surface area contributed by atoms with E-state index in [2.05, 4.69) is 15.3 Å². The second-order valence-electron chi connectivity index (χ2n) is 9.32. The lowest BCUT2D eigenvalue weighted by Crippen LogP contribution is -2.15. The Morgan fingerprint density at radius 1 is 1.00 bits per heavy atom. The molecule has 0 radical (unpaired) electrons. The van der Waals surface area contributed by atoms with Gasteiger partial charge in [-0.2, -0.15) is 13.2 Å². The number of hydrogen-bond acceptors (Lipinski definition) is 5. The molecule has 0 unspecified atom stereocenters. The molecule has 1 amide bonds. The summed E-state index contributed by atoms with van der Waals surface area (Å²) in [7, 11) is 0. The van der Waals surface area contributed by atoms with Crippen molar-refractivity contribution in [3.8, 4) is 16.1 Å². The molecule has 0 spiro atoms. The maximum absolute atomic E-state index is 13.6. The minimum absolute atomic E-state index is 0.0177. The van der Waals surface area contributed by atoms with Crippen molar-refractivity contribution in [1.29, 1.82) is 0 Å². The summed E-state index contributed by atoms with van der Waals surface area (Å²) < 4.78 is 42.3. The first-order chi connectivity index (χ1) is 19.1. The van der Waals surface area contributed by atoms with Crippen LogP contribution in [0.25, 0.3) is 16.1 Å². The number of aryl methyl sites for hydroxylation is 2. The summed E-state index contributed by atoms with van der Waals surface area (Å²) >= 11 is 1.55. The molecule has 0 fully saturated rings. The number of Topliss-reactive ketones (excluding diaryl/α,β-unsaturated/α-hetero) is 1. The van der Waals surface area contributed by atoms with E-state index in [1.807, 2.05) is 24.4 Å². The van der Waals surface area contributed by atoms with Gasteiger partial charge < -0.3 is 9.88 Å². The molecule has 6 nitrogen and oxygen atoms in total.